The molecular formula is C20H19F3N2O4S. The quantitative estimate of drug-likeness (QED) is 0.547. The largest absolute Gasteiger partial charge is 0.452 e. The van der Waals surface area contributed by atoms with Gasteiger partial charge in [-0.25, -0.2) is 4.79 Å². The molecule has 1 fully saturated rings. The van der Waals surface area contributed by atoms with Gasteiger partial charge in [-0.05, 0) is 35.7 Å². The van der Waals surface area contributed by atoms with Crippen LogP contribution in [-0.4, -0.2) is 44.8 Å². The summed E-state index contributed by atoms with van der Waals surface area (Å²) in [6.45, 7) is 1.21. The molecule has 1 amide bonds. The molecule has 0 spiro atoms. The maximum atomic E-state index is 13.1. The number of ether oxygens (including phenoxy) is 2. The number of anilines is 2. The van der Waals surface area contributed by atoms with Crippen LogP contribution in [0.25, 0.3) is 6.08 Å². The van der Waals surface area contributed by atoms with Crippen LogP contribution in [0.4, 0.5) is 24.5 Å². The van der Waals surface area contributed by atoms with Crippen LogP contribution in [0.2, 0.25) is 0 Å². The highest BCUT2D eigenvalue weighted by Crippen LogP contribution is 2.35. The summed E-state index contributed by atoms with van der Waals surface area (Å²) in [5, 5.41) is 4.27. The van der Waals surface area contributed by atoms with Crippen LogP contribution < -0.4 is 10.2 Å². The number of nitrogens with zero attached hydrogens (tertiary/aromatic N) is 1. The Morgan fingerprint density at radius 2 is 2.00 bits per heavy atom. The van der Waals surface area contributed by atoms with E-state index in [-0.39, 0.29) is 5.69 Å². The predicted molar refractivity (Wildman–Crippen MR) is 107 cm³/mol. The van der Waals surface area contributed by atoms with Crippen LogP contribution in [-0.2, 0) is 25.2 Å². The molecule has 2 heterocycles. The summed E-state index contributed by atoms with van der Waals surface area (Å²) >= 11 is 1.43. The van der Waals surface area contributed by atoms with E-state index in [9.17, 15) is 22.8 Å². The zero-order chi connectivity index (χ0) is 21.6. The van der Waals surface area contributed by atoms with Crippen molar-refractivity contribution in [3.05, 3.63) is 52.2 Å². The van der Waals surface area contributed by atoms with Gasteiger partial charge in [-0.3, -0.25) is 4.79 Å². The van der Waals surface area contributed by atoms with E-state index in [4.69, 9.17) is 9.47 Å². The first-order valence-electron chi connectivity index (χ1n) is 9.05. The Bertz CT molecular complexity index is 907. The van der Waals surface area contributed by atoms with Crippen LogP contribution in [0.15, 0.2) is 41.8 Å². The third-order valence-corrected chi connectivity index (χ3v) is 5.06. The van der Waals surface area contributed by atoms with Crippen molar-refractivity contribution in [1.82, 2.24) is 0 Å². The summed E-state index contributed by atoms with van der Waals surface area (Å²) < 4.78 is 49.5. The second kappa shape index (κ2) is 9.77. The second-order valence-corrected chi connectivity index (χ2v) is 7.31. The smallest absolute Gasteiger partial charge is 0.416 e. The summed E-state index contributed by atoms with van der Waals surface area (Å²) in [7, 11) is 0. The molecule has 0 bridgehead atoms. The van der Waals surface area contributed by atoms with E-state index < -0.39 is 30.2 Å². The minimum Gasteiger partial charge on any atom is -0.452 e. The van der Waals surface area contributed by atoms with Gasteiger partial charge in [0.25, 0.3) is 5.91 Å². The average Bonchev–Trinajstić information content (AvgIpc) is 3.24. The number of rotatable bonds is 6. The molecule has 1 N–H and O–H groups in total. The third kappa shape index (κ3) is 6.07. The Labute approximate surface area is 174 Å². The van der Waals surface area contributed by atoms with Gasteiger partial charge in [-0.2, -0.15) is 13.2 Å². The fourth-order valence-corrected chi connectivity index (χ4v) is 3.42. The average molecular weight is 440 g/mol. The van der Waals surface area contributed by atoms with Crippen molar-refractivity contribution in [1.29, 1.82) is 0 Å². The van der Waals surface area contributed by atoms with Gasteiger partial charge in [0.2, 0.25) is 0 Å². The Kier molecular flexibility index (Phi) is 7.11. The number of hydrogen-bond donors (Lipinski definition) is 1. The SMILES string of the molecule is O=C(COC(=O)C=Cc1cccs1)Nc1cc(C(F)(F)F)ccc1N1CCOCC1. The number of carbonyl (C=O) groups excluding carboxylic acids is 2. The van der Waals surface area contributed by atoms with Gasteiger partial charge in [-0.15, -0.1) is 11.3 Å². The summed E-state index contributed by atoms with van der Waals surface area (Å²) in [6.07, 6.45) is -1.82. The fourth-order valence-electron chi connectivity index (χ4n) is 2.80. The number of hydrogen-bond acceptors (Lipinski definition) is 6. The number of carbonyl (C=O) groups is 2. The molecule has 1 aromatic heterocycles. The zero-order valence-electron chi connectivity index (χ0n) is 15.8. The number of esters is 1. The lowest BCUT2D eigenvalue weighted by Gasteiger charge is -2.31. The topological polar surface area (TPSA) is 67.9 Å². The number of nitrogens with one attached hydrogen (secondary N) is 1. The number of amides is 1. The maximum absolute atomic E-state index is 13.1. The van der Waals surface area contributed by atoms with Crippen LogP contribution in [0.3, 0.4) is 0 Å². The molecule has 0 saturated carbocycles. The van der Waals surface area contributed by atoms with E-state index in [1.165, 1.54) is 23.5 Å². The molecule has 1 aliphatic heterocycles. The molecule has 3 rings (SSSR count). The molecule has 1 aliphatic rings. The zero-order valence-corrected chi connectivity index (χ0v) is 16.6. The number of benzene rings is 1. The van der Waals surface area contributed by atoms with E-state index in [0.29, 0.717) is 32.0 Å². The molecule has 10 heteroatoms. The molecule has 1 saturated heterocycles. The predicted octanol–water partition coefficient (Wildman–Crippen LogP) is 3.80. The van der Waals surface area contributed by atoms with Crippen LogP contribution in [0, 0.1) is 0 Å². The molecule has 0 unspecified atom stereocenters. The number of alkyl halides is 3. The third-order valence-electron chi connectivity index (χ3n) is 4.22. The Hall–Kier alpha value is -2.85. The minimum absolute atomic E-state index is 0.00176. The summed E-state index contributed by atoms with van der Waals surface area (Å²) in [5.74, 6) is -1.46. The molecule has 160 valence electrons. The highest BCUT2D eigenvalue weighted by atomic mass is 32.1. The van der Waals surface area contributed by atoms with E-state index in [1.807, 2.05) is 22.4 Å². The Morgan fingerprint density at radius 3 is 2.67 bits per heavy atom. The molecule has 0 radical (unpaired) electrons. The summed E-state index contributed by atoms with van der Waals surface area (Å²) in [4.78, 5) is 26.6. The van der Waals surface area contributed by atoms with Crippen molar-refractivity contribution in [2.45, 2.75) is 6.18 Å². The molecule has 1 aromatic carbocycles. The fraction of sp³-hybridized carbons (Fsp3) is 0.300. The lowest BCUT2D eigenvalue weighted by atomic mass is 10.1. The normalized spacial score (nSPS) is 14.7. The Balaban J connectivity index is 1.66. The van der Waals surface area contributed by atoms with Gasteiger partial charge < -0.3 is 19.7 Å². The van der Waals surface area contributed by atoms with Crippen LogP contribution in [0.1, 0.15) is 10.4 Å². The summed E-state index contributed by atoms with van der Waals surface area (Å²) in [6, 6.07) is 6.79. The highest BCUT2D eigenvalue weighted by Gasteiger charge is 2.32. The second-order valence-electron chi connectivity index (χ2n) is 6.33. The van der Waals surface area contributed by atoms with Crippen molar-refractivity contribution in [2.24, 2.45) is 0 Å². The number of halogens is 3. The molecule has 6 nitrogen and oxygen atoms in total. The first kappa shape index (κ1) is 21.8. The highest BCUT2D eigenvalue weighted by molar-refractivity contribution is 7.10. The van der Waals surface area contributed by atoms with Gasteiger partial charge in [0.15, 0.2) is 6.61 Å². The molecule has 0 aliphatic carbocycles. The van der Waals surface area contributed by atoms with Gasteiger partial charge >= 0.3 is 12.1 Å². The molecule has 30 heavy (non-hydrogen) atoms. The summed E-state index contributed by atoms with van der Waals surface area (Å²) in [5.41, 5.74) is -0.434. The van der Waals surface area contributed by atoms with Crippen molar-refractivity contribution in [3.63, 3.8) is 0 Å². The minimum atomic E-state index is -4.55. The maximum Gasteiger partial charge on any atom is 0.416 e. The molecular weight excluding hydrogens is 421 g/mol. The molecule has 0 atom stereocenters. The van der Waals surface area contributed by atoms with E-state index in [1.54, 1.807) is 6.08 Å². The van der Waals surface area contributed by atoms with Crippen molar-refractivity contribution in [2.75, 3.05) is 43.1 Å². The van der Waals surface area contributed by atoms with Gasteiger partial charge in [0.05, 0.1) is 30.2 Å². The van der Waals surface area contributed by atoms with E-state index >= 15 is 0 Å². The molecule has 2 aromatic rings. The lowest BCUT2D eigenvalue weighted by molar-refractivity contribution is -0.142. The standard InChI is InChI=1S/C20H19F3N2O4S/c21-20(22,23)14-3-5-17(25-7-9-28-10-8-25)16(12-14)24-18(26)13-29-19(27)6-4-15-2-1-11-30-15/h1-6,11-12H,7-10,13H2,(H,24,26). The van der Waals surface area contributed by atoms with Crippen LogP contribution >= 0.6 is 11.3 Å². The van der Waals surface area contributed by atoms with E-state index in [0.717, 1.165) is 17.0 Å². The monoisotopic (exact) mass is 440 g/mol. The lowest BCUT2D eigenvalue weighted by Crippen LogP contribution is -2.37. The van der Waals surface area contributed by atoms with Crippen LogP contribution in [0.5, 0.6) is 0 Å². The first-order chi connectivity index (χ1) is 14.3. The van der Waals surface area contributed by atoms with Crippen molar-refractivity contribution >= 4 is 40.7 Å². The van der Waals surface area contributed by atoms with Crippen molar-refractivity contribution < 1.29 is 32.2 Å². The number of thiophene rings is 1. The van der Waals surface area contributed by atoms with Gasteiger partial charge in [-0.1, -0.05) is 6.07 Å². The van der Waals surface area contributed by atoms with Gasteiger partial charge in [0, 0.05) is 24.0 Å². The van der Waals surface area contributed by atoms with E-state index in [2.05, 4.69) is 5.32 Å². The first-order valence-corrected chi connectivity index (χ1v) is 9.93. The van der Waals surface area contributed by atoms with Gasteiger partial charge in [0.1, 0.15) is 0 Å². The Morgan fingerprint density at radius 1 is 1.23 bits per heavy atom. The van der Waals surface area contributed by atoms with Crippen molar-refractivity contribution in [3.8, 4) is 0 Å². The number of morpholine rings is 1.